The van der Waals surface area contributed by atoms with E-state index in [4.69, 9.17) is 9.47 Å². The number of hydrogen-bond donors (Lipinski definition) is 3. The van der Waals surface area contributed by atoms with Crippen LogP contribution in [0.4, 0.5) is 0 Å². The molecule has 6 rings (SSSR count). The smallest absolute Gasteiger partial charge is 0.251 e. The van der Waals surface area contributed by atoms with Crippen LogP contribution in [0, 0.1) is 5.92 Å². The summed E-state index contributed by atoms with van der Waals surface area (Å²) >= 11 is 0. The minimum Gasteiger partial charge on any atom is -0.392 e. The van der Waals surface area contributed by atoms with Gasteiger partial charge in [0.05, 0.1) is 24.9 Å². The molecule has 0 bridgehead atoms. The molecule has 4 aromatic carbocycles. The van der Waals surface area contributed by atoms with Crippen molar-refractivity contribution < 1.29 is 24.5 Å². The fraction of sp³-hybridized carbons (Fsp3) is 0.324. The van der Waals surface area contributed by atoms with Gasteiger partial charge in [0.2, 0.25) is 0 Å². The van der Waals surface area contributed by atoms with Gasteiger partial charge in [-0.3, -0.25) is 9.69 Å². The number of amides is 1. The van der Waals surface area contributed by atoms with Gasteiger partial charge >= 0.3 is 0 Å². The van der Waals surface area contributed by atoms with Gasteiger partial charge in [-0.05, 0) is 46.4 Å². The third kappa shape index (κ3) is 6.93. The van der Waals surface area contributed by atoms with Crippen LogP contribution >= 0.6 is 0 Å². The Hall–Kier alpha value is -3.85. The molecule has 2 saturated heterocycles. The van der Waals surface area contributed by atoms with Crippen molar-refractivity contribution in [2.24, 2.45) is 5.92 Å². The topological polar surface area (TPSA) is 91.3 Å². The summed E-state index contributed by atoms with van der Waals surface area (Å²) in [6.07, 6.45) is -0.334. The Bertz CT molecular complexity index is 1530. The molecule has 5 atom stereocenters. The van der Waals surface area contributed by atoms with Gasteiger partial charge in [0.1, 0.15) is 0 Å². The van der Waals surface area contributed by atoms with E-state index in [0.717, 1.165) is 52.9 Å². The number of carbonyl (C=O) groups is 1. The van der Waals surface area contributed by atoms with Crippen LogP contribution < -0.4 is 5.32 Å². The van der Waals surface area contributed by atoms with Gasteiger partial charge in [0, 0.05) is 43.2 Å². The molecule has 44 heavy (non-hydrogen) atoms. The highest BCUT2D eigenvalue weighted by atomic mass is 16.7. The Balaban J connectivity index is 1.21. The van der Waals surface area contributed by atoms with Crippen LogP contribution in [0.3, 0.4) is 0 Å². The molecule has 7 heteroatoms. The Morgan fingerprint density at radius 2 is 1.59 bits per heavy atom. The standard InChI is InChI=1S/C37H40N2O5/c1-25-34(23-39-20-19-32(41)22-39)43-37(44-35(25)28-13-11-26(24-40)12-14-28)30-17-15-27(16-18-30)33-10-6-5-9-31(33)21-38-36(42)29-7-3-2-4-8-29/h2-18,25,32,34-35,37,40-41H,19-24H2,1H3,(H,38,42). The minimum absolute atomic E-state index is 0.00186. The van der Waals surface area contributed by atoms with Crippen molar-refractivity contribution in [1.29, 1.82) is 0 Å². The number of aliphatic hydroxyl groups is 2. The number of benzene rings is 4. The minimum atomic E-state index is -0.555. The van der Waals surface area contributed by atoms with Crippen LogP contribution in [0.25, 0.3) is 11.1 Å². The second-order valence-electron chi connectivity index (χ2n) is 11.9. The molecule has 0 spiro atoms. The summed E-state index contributed by atoms with van der Waals surface area (Å²) in [5, 5.41) is 22.7. The third-order valence-electron chi connectivity index (χ3n) is 8.80. The lowest BCUT2D eigenvalue weighted by Crippen LogP contribution is -2.44. The zero-order valence-electron chi connectivity index (χ0n) is 25.0. The molecule has 0 saturated carbocycles. The number of likely N-dealkylation sites (tertiary alicyclic amines) is 1. The van der Waals surface area contributed by atoms with Gasteiger partial charge in [-0.25, -0.2) is 0 Å². The van der Waals surface area contributed by atoms with E-state index >= 15 is 0 Å². The Kier molecular flexibility index (Phi) is 9.50. The number of rotatable bonds is 9. The van der Waals surface area contributed by atoms with Gasteiger partial charge in [-0.2, -0.15) is 0 Å². The zero-order chi connectivity index (χ0) is 30.5. The zero-order valence-corrected chi connectivity index (χ0v) is 25.0. The highest BCUT2D eigenvalue weighted by Gasteiger charge is 2.39. The maximum Gasteiger partial charge on any atom is 0.251 e. The molecular formula is C37H40N2O5. The lowest BCUT2D eigenvalue weighted by molar-refractivity contribution is -0.276. The highest BCUT2D eigenvalue weighted by molar-refractivity contribution is 5.94. The quantitative estimate of drug-likeness (QED) is 0.233. The van der Waals surface area contributed by atoms with Gasteiger partial charge in [0.25, 0.3) is 5.91 Å². The number of hydrogen-bond acceptors (Lipinski definition) is 6. The van der Waals surface area contributed by atoms with Gasteiger partial charge in [-0.1, -0.05) is 97.9 Å². The normalized spacial score (nSPS) is 23.8. The summed E-state index contributed by atoms with van der Waals surface area (Å²) in [4.78, 5) is 14.9. The number of ether oxygens (including phenoxy) is 2. The van der Waals surface area contributed by atoms with Crippen LogP contribution in [-0.2, 0) is 22.6 Å². The van der Waals surface area contributed by atoms with Crippen LogP contribution in [0.15, 0.2) is 103 Å². The summed E-state index contributed by atoms with van der Waals surface area (Å²) in [5.74, 6) is -0.0173. The Morgan fingerprint density at radius 3 is 2.30 bits per heavy atom. The largest absolute Gasteiger partial charge is 0.392 e. The Labute approximate surface area is 259 Å². The maximum atomic E-state index is 12.7. The van der Waals surface area contributed by atoms with Crippen molar-refractivity contribution in [3.63, 3.8) is 0 Å². The molecule has 2 heterocycles. The van der Waals surface area contributed by atoms with Crippen molar-refractivity contribution >= 4 is 5.91 Å². The summed E-state index contributed by atoms with van der Waals surface area (Å²) in [6, 6.07) is 33.5. The first kappa shape index (κ1) is 30.2. The number of nitrogens with zero attached hydrogens (tertiary/aromatic N) is 1. The van der Waals surface area contributed by atoms with E-state index in [9.17, 15) is 15.0 Å². The van der Waals surface area contributed by atoms with E-state index in [1.165, 1.54) is 0 Å². The van der Waals surface area contributed by atoms with E-state index in [0.29, 0.717) is 18.7 Å². The summed E-state index contributed by atoms with van der Waals surface area (Å²) < 4.78 is 13.3. The molecule has 228 valence electrons. The molecule has 0 radical (unpaired) electrons. The van der Waals surface area contributed by atoms with Crippen LogP contribution in [0.5, 0.6) is 0 Å². The van der Waals surface area contributed by atoms with Crippen molar-refractivity contribution in [3.8, 4) is 11.1 Å². The monoisotopic (exact) mass is 592 g/mol. The number of aliphatic hydroxyl groups excluding tert-OH is 2. The van der Waals surface area contributed by atoms with E-state index in [1.54, 1.807) is 0 Å². The molecule has 5 unspecified atom stereocenters. The molecule has 2 aliphatic heterocycles. The molecule has 0 aliphatic carbocycles. The van der Waals surface area contributed by atoms with Crippen LogP contribution in [0.1, 0.15) is 58.4 Å². The fourth-order valence-corrected chi connectivity index (χ4v) is 6.20. The molecule has 2 aliphatic rings. The lowest BCUT2D eigenvalue weighted by atomic mass is 9.90. The van der Waals surface area contributed by atoms with E-state index in [-0.39, 0.29) is 36.7 Å². The summed E-state index contributed by atoms with van der Waals surface area (Å²) in [5.41, 5.74) is 6.61. The number of carbonyl (C=O) groups excluding carboxylic acids is 1. The Morgan fingerprint density at radius 1 is 0.886 bits per heavy atom. The van der Waals surface area contributed by atoms with Crippen LogP contribution in [0.2, 0.25) is 0 Å². The first-order chi connectivity index (χ1) is 21.5. The average molecular weight is 593 g/mol. The van der Waals surface area contributed by atoms with Crippen molar-refractivity contribution in [3.05, 3.63) is 131 Å². The maximum absolute atomic E-state index is 12.7. The van der Waals surface area contributed by atoms with Crippen LogP contribution in [-0.4, -0.2) is 52.9 Å². The van der Waals surface area contributed by atoms with E-state index in [1.807, 2.05) is 72.8 Å². The summed E-state index contributed by atoms with van der Waals surface area (Å²) in [6.45, 7) is 4.82. The van der Waals surface area contributed by atoms with Crippen molar-refractivity contribution in [2.45, 2.75) is 51.1 Å². The first-order valence-electron chi connectivity index (χ1n) is 15.4. The highest BCUT2D eigenvalue weighted by Crippen LogP contribution is 2.42. The van der Waals surface area contributed by atoms with E-state index < -0.39 is 6.29 Å². The second kappa shape index (κ2) is 13.8. The molecule has 3 N–H and O–H groups in total. The predicted molar refractivity (Wildman–Crippen MR) is 170 cm³/mol. The average Bonchev–Trinajstić information content (AvgIpc) is 3.49. The van der Waals surface area contributed by atoms with Crippen molar-refractivity contribution in [1.82, 2.24) is 10.2 Å². The van der Waals surface area contributed by atoms with Gasteiger partial charge < -0.3 is 25.0 Å². The SMILES string of the molecule is CC1C(CN2CCC(O)C2)OC(c2ccc(-c3ccccc3CNC(=O)c3ccccc3)cc2)OC1c1ccc(CO)cc1. The molecule has 4 aromatic rings. The lowest BCUT2D eigenvalue weighted by Gasteiger charge is -2.42. The van der Waals surface area contributed by atoms with E-state index in [2.05, 4.69) is 47.5 Å². The van der Waals surface area contributed by atoms with Crippen molar-refractivity contribution in [2.75, 3.05) is 19.6 Å². The predicted octanol–water partition coefficient (Wildman–Crippen LogP) is 5.63. The number of nitrogens with one attached hydrogen (secondary N) is 1. The third-order valence-corrected chi connectivity index (χ3v) is 8.80. The molecule has 0 aromatic heterocycles. The molecule has 1 amide bonds. The second-order valence-corrected chi connectivity index (χ2v) is 11.9. The number of β-amino-alcohol motifs (C(OH)–C–C–N with tert-alkyl or cyclic N) is 1. The van der Waals surface area contributed by atoms with Gasteiger partial charge in [0.15, 0.2) is 6.29 Å². The molecule has 2 fully saturated rings. The summed E-state index contributed by atoms with van der Waals surface area (Å²) in [7, 11) is 0. The fourth-order valence-electron chi connectivity index (χ4n) is 6.20. The molecular weight excluding hydrogens is 552 g/mol. The first-order valence-corrected chi connectivity index (χ1v) is 15.4. The van der Waals surface area contributed by atoms with Gasteiger partial charge in [-0.15, -0.1) is 0 Å². The molecule has 7 nitrogen and oxygen atoms in total.